The number of quaternary nitrogens is 1. The molecule has 2 aliphatic heterocycles. The number of carbonyl (C=O) groups excluding carboxylic acids is 1. The molecule has 0 bridgehead atoms. The third kappa shape index (κ3) is 3.50. The molecule has 1 saturated heterocycles. The summed E-state index contributed by atoms with van der Waals surface area (Å²) in [6.07, 6.45) is 0. The Balaban J connectivity index is 1.38. The molecule has 0 spiro atoms. The van der Waals surface area contributed by atoms with E-state index in [2.05, 4.69) is 0 Å². The van der Waals surface area contributed by atoms with Gasteiger partial charge in [-0.2, -0.15) is 0 Å². The van der Waals surface area contributed by atoms with Crippen molar-refractivity contribution < 1.29 is 24.1 Å². The minimum Gasteiger partial charge on any atom is -0.454 e. The van der Waals surface area contributed by atoms with Crippen LogP contribution < -0.4 is 14.4 Å². The van der Waals surface area contributed by atoms with Crippen LogP contribution >= 0.6 is 0 Å². The number of carbonyl (C=O) groups is 1. The highest BCUT2D eigenvalue weighted by Crippen LogP contribution is 2.32. The van der Waals surface area contributed by atoms with Crippen LogP contribution in [0.15, 0.2) is 36.4 Å². The van der Waals surface area contributed by atoms with Crippen LogP contribution in [0.5, 0.6) is 11.5 Å². The second-order valence-corrected chi connectivity index (χ2v) is 7.11. The monoisotopic (exact) mass is 384 g/mol. The lowest BCUT2D eigenvalue weighted by Gasteiger charge is -2.32. The fourth-order valence-electron chi connectivity index (χ4n) is 3.77. The van der Waals surface area contributed by atoms with Gasteiger partial charge >= 0.3 is 0 Å². The highest BCUT2D eigenvalue weighted by atomic mass is 16.7. The van der Waals surface area contributed by atoms with Gasteiger partial charge in [-0.15, -0.1) is 0 Å². The van der Waals surface area contributed by atoms with E-state index < -0.39 is 4.92 Å². The van der Waals surface area contributed by atoms with Gasteiger partial charge in [-0.3, -0.25) is 14.9 Å². The summed E-state index contributed by atoms with van der Waals surface area (Å²) in [7, 11) is 0. The normalized spacial score (nSPS) is 16.2. The Hall–Kier alpha value is -3.13. The van der Waals surface area contributed by atoms with Gasteiger partial charge in [-0.25, -0.2) is 0 Å². The molecule has 0 aromatic heterocycles. The van der Waals surface area contributed by atoms with Crippen molar-refractivity contribution in [3.8, 4) is 11.5 Å². The summed E-state index contributed by atoms with van der Waals surface area (Å²) in [6, 6.07) is 10.7. The van der Waals surface area contributed by atoms with E-state index >= 15 is 0 Å². The van der Waals surface area contributed by atoms with Crippen molar-refractivity contribution in [3.63, 3.8) is 0 Å². The highest BCUT2D eigenvalue weighted by molar-refractivity contribution is 5.96. The van der Waals surface area contributed by atoms with Crippen LogP contribution in [-0.2, 0) is 6.54 Å². The number of amides is 1. The largest absolute Gasteiger partial charge is 0.454 e. The van der Waals surface area contributed by atoms with Crippen LogP contribution in [0.2, 0.25) is 0 Å². The molecule has 1 amide bonds. The minimum atomic E-state index is -0.445. The summed E-state index contributed by atoms with van der Waals surface area (Å²) >= 11 is 0. The Morgan fingerprint density at radius 1 is 1.18 bits per heavy atom. The molecule has 2 heterocycles. The number of hydrogen-bond acceptors (Lipinski definition) is 5. The van der Waals surface area contributed by atoms with Gasteiger partial charge in [0.15, 0.2) is 11.5 Å². The van der Waals surface area contributed by atoms with E-state index in [1.807, 2.05) is 18.2 Å². The number of nitrogens with one attached hydrogen (secondary N) is 1. The molecule has 1 N–H and O–H groups in total. The SMILES string of the molecule is Cc1c(C(=O)N2CC[NH+](Cc3ccc4c(c3)OCO4)CC2)cccc1[N+](=O)[O-]. The number of nitro benzene ring substituents is 1. The molecule has 146 valence electrons. The quantitative estimate of drug-likeness (QED) is 0.632. The van der Waals surface area contributed by atoms with Crippen molar-refractivity contribution in [2.24, 2.45) is 0 Å². The summed E-state index contributed by atoms with van der Waals surface area (Å²) in [6.45, 7) is 5.66. The van der Waals surface area contributed by atoms with E-state index in [1.165, 1.54) is 16.5 Å². The van der Waals surface area contributed by atoms with Gasteiger partial charge in [0.05, 0.1) is 31.1 Å². The first kappa shape index (κ1) is 18.2. The van der Waals surface area contributed by atoms with Crippen LogP contribution in [-0.4, -0.2) is 48.7 Å². The smallest absolute Gasteiger partial charge is 0.273 e. The van der Waals surface area contributed by atoms with Gasteiger partial charge in [0.1, 0.15) is 6.54 Å². The minimum absolute atomic E-state index is 0.0158. The Labute approximate surface area is 162 Å². The van der Waals surface area contributed by atoms with E-state index in [0.717, 1.165) is 31.1 Å². The lowest BCUT2D eigenvalue weighted by Crippen LogP contribution is -3.13. The van der Waals surface area contributed by atoms with Crippen molar-refractivity contribution in [3.05, 3.63) is 63.2 Å². The maximum atomic E-state index is 12.9. The molecule has 28 heavy (non-hydrogen) atoms. The number of nitro groups is 1. The van der Waals surface area contributed by atoms with E-state index in [4.69, 9.17) is 9.47 Å². The van der Waals surface area contributed by atoms with Crippen molar-refractivity contribution in [1.82, 2.24) is 4.90 Å². The number of fused-ring (bicyclic) bond motifs is 1. The standard InChI is InChI=1S/C20H21N3O5/c1-14-16(3-2-4-17(14)23(25)26)20(24)22-9-7-21(8-10-22)12-15-5-6-18-19(11-15)28-13-27-18/h2-6,11H,7-10,12-13H2,1H3/p+1. The van der Waals surface area contributed by atoms with Crippen molar-refractivity contribution >= 4 is 11.6 Å². The molecule has 2 aromatic rings. The molecule has 0 unspecified atom stereocenters. The maximum absolute atomic E-state index is 12.9. The fourth-order valence-corrected chi connectivity index (χ4v) is 3.77. The summed E-state index contributed by atoms with van der Waals surface area (Å²) < 4.78 is 10.8. The van der Waals surface area contributed by atoms with Gasteiger partial charge in [-0.05, 0) is 31.2 Å². The zero-order valence-corrected chi connectivity index (χ0v) is 15.6. The van der Waals surface area contributed by atoms with Crippen LogP contribution in [0, 0.1) is 17.0 Å². The lowest BCUT2D eigenvalue weighted by atomic mass is 10.1. The number of ether oxygens (including phenoxy) is 2. The second-order valence-electron chi connectivity index (χ2n) is 7.11. The van der Waals surface area contributed by atoms with Gasteiger partial charge in [0, 0.05) is 22.8 Å². The second kappa shape index (κ2) is 7.47. The molecular weight excluding hydrogens is 362 g/mol. The van der Waals surface area contributed by atoms with Crippen LogP contribution in [0.4, 0.5) is 5.69 Å². The summed E-state index contributed by atoms with van der Waals surface area (Å²) in [5, 5.41) is 11.1. The average Bonchev–Trinajstić information content (AvgIpc) is 3.16. The Morgan fingerprint density at radius 2 is 1.93 bits per heavy atom. The third-order valence-electron chi connectivity index (χ3n) is 5.38. The van der Waals surface area contributed by atoms with Gasteiger partial charge in [0.2, 0.25) is 6.79 Å². The Morgan fingerprint density at radius 3 is 2.68 bits per heavy atom. The molecule has 2 aromatic carbocycles. The molecule has 2 aliphatic rings. The van der Waals surface area contributed by atoms with E-state index in [-0.39, 0.29) is 18.4 Å². The molecular formula is C20H22N3O5+. The summed E-state index contributed by atoms with van der Waals surface area (Å²) in [5.41, 5.74) is 1.99. The summed E-state index contributed by atoms with van der Waals surface area (Å²) in [4.78, 5) is 26.7. The lowest BCUT2D eigenvalue weighted by molar-refractivity contribution is -0.917. The number of nitrogens with zero attached hydrogens (tertiary/aromatic N) is 2. The van der Waals surface area contributed by atoms with Gasteiger partial charge in [0.25, 0.3) is 11.6 Å². The molecule has 0 saturated carbocycles. The van der Waals surface area contributed by atoms with Crippen molar-refractivity contribution in [2.45, 2.75) is 13.5 Å². The summed E-state index contributed by atoms with van der Waals surface area (Å²) in [5.74, 6) is 1.43. The zero-order valence-electron chi connectivity index (χ0n) is 15.6. The van der Waals surface area contributed by atoms with E-state index in [0.29, 0.717) is 24.2 Å². The first-order valence-electron chi connectivity index (χ1n) is 9.28. The van der Waals surface area contributed by atoms with Crippen LogP contribution in [0.25, 0.3) is 0 Å². The Kier molecular flexibility index (Phi) is 4.87. The first-order valence-corrected chi connectivity index (χ1v) is 9.28. The predicted octanol–water partition coefficient (Wildman–Crippen LogP) is 1.17. The zero-order chi connectivity index (χ0) is 19.7. The molecule has 0 radical (unpaired) electrons. The van der Waals surface area contributed by atoms with Gasteiger partial charge < -0.3 is 19.3 Å². The molecule has 0 aliphatic carbocycles. The molecule has 8 heteroatoms. The Bertz CT molecular complexity index is 922. The third-order valence-corrected chi connectivity index (χ3v) is 5.38. The number of piperazine rings is 1. The number of benzene rings is 2. The number of rotatable bonds is 4. The van der Waals surface area contributed by atoms with E-state index in [9.17, 15) is 14.9 Å². The highest BCUT2D eigenvalue weighted by Gasteiger charge is 2.27. The molecule has 4 rings (SSSR count). The van der Waals surface area contributed by atoms with Crippen LogP contribution in [0.1, 0.15) is 21.5 Å². The van der Waals surface area contributed by atoms with Crippen molar-refractivity contribution in [1.29, 1.82) is 0 Å². The van der Waals surface area contributed by atoms with Gasteiger partial charge in [-0.1, -0.05) is 6.07 Å². The molecule has 1 fully saturated rings. The topological polar surface area (TPSA) is 86.4 Å². The maximum Gasteiger partial charge on any atom is 0.273 e. The molecule has 0 atom stereocenters. The number of hydrogen-bond donors (Lipinski definition) is 1. The van der Waals surface area contributed by atoms with Crippen molar-refractivity contribution in [2.75, 3.05) is 33.0 Å². The average molecular weight is 384 g/mol. The van der Waals surface area contributed by atoms with Crippen LogP contribution in [0.3, 0.4) is 0 Å². The van der Waals surface area contributed by atoms with E-state index in [1.54, 1.807) is 24.0 Å². The predicted molar refractivity (Wildman–Crippen MR) is 101 cm³/mol. The molecule has 8 nitrogen and oxygen atoms in total. The first-order chi connectivity index (χ1) is 13.5. The fraction of sp³-hybridized carbons (Fsp3) is 0.350.